The summed E-state index contributed by atoms with van der Waals surface area (Å²) in [5.41, 5.74) is 1.16. The number of benzene rings is 1. The van der Waals surface area contributed by atoms with Crippen molar-refractivity contribution in [2.75, 3.05) is 26.7 Å². The van der Waals surface area contributed by atoms with E-state index in [0.29, 0.717) is 19.0 Å². The molecule has 0 aromatic heterocycles. The van der Waals surface area contributed by atoms with Crippen molar-refractivity contribution in [2.24, 2.45) is 5.92 Å². The van der Waals surface area contributed by atoms with Gasteiger partial charge in [-0.25, -0.2) is 0 Å². The molecule has 4 heteroatoms. The van der Waals surface area contributed by atoms with E-state index >= 15 is 0 Å². The van der Waals surface area contributed by atoms with Crippen molar-refractivity contribution in [1.29, 1.82) is 0 Å². The molecule has 0 unspecified atom stereocenters. The molecule has 0 heterocycles. The van der Waals surface area contributed by atoms with Crippen LogP contribution in [0.15, 0.2) is 24.3 Å². The standard InChI is InChI=1S/C15H24N2O2/c1-12(2)10-16-11-15(18)17-8-7-13-5-4-6-14(9-13)19-3/h4-6,9,12,16H,7-8,10-11H2,1-3H3,(H,17,18). The summed E-state index contributed by atoms with van der Waals surface area (Å²) < 4.78 is 5.16. The van der Waals surface area contributed by atoms with E-state index in [4.69, 9.17) is 4.74 Å². The lowest BCUT2D eigenvalue weighted by atomic mass is 10.1. The molecule has 4 nitrogen and oxygen atoms in total. The van der Waals surface area contributed by atoms with Crippen LogP contribution in [0.1, 0.15) is 19.4 Å². The fourth-order valence-electron chi connectivity index (χ4n) is 1.71. The lowest BCUT2D eigenvalue weighted by molar-refractivity contribution is -0.120. The Kier molecular flexibility index (Phi) is 6.97. The van der Waals surface area contributed by atoms with E-state index in [1.54, 1.807) is 7.11 Å². The van der Waals surface area contributed by atoms with Gasteiger partial charge >= 0.3 is 0 Å². The number of ether oxygens (including phenoxy) is 1. The van der Waals surface area contributed by atoms with Gasteiger partial charge in [0, 0.05) is 6.54 Å². The van der Waals surface area contributed by atoms with Crippen LogP contribution in [0.3, 0.4) is 0 Å². The van der Waals surface area contributed by atoms with Crippen LogP contribution in [0.5, 0.6) is 5.75 Å². The largest absolute Gasteiger partial charge is 0.497 e. The van der Waals surface area contributed by atoms with Crippen molar-refractivity contribution in [2.45, 2.75) is 20.3 Å². The van der Waals surface area contributed by atoms with Crippen molar-refractivity contribution in [3.63, 3.8) is 0 Å². The van der Waals surface area contributed by atoms with Gasteiger partial charge in [0.1, 0.15) is 5.75 Å². The highest BCUT2D eigenvalue weighted by Gasteiger charge is 2.01. The second-order valence-corrected chi connectivity index (χ2v) is 4.98. The lowest BCUT2D eigenvalue weighted by Gasteiger charge is -2.09. The van der Waals surface area contributed by atoms with Gasteiger partial charge in [0.05, 0.1) is 13.7 Å². The van der Waals surface area contributed by atoms with Gasteiger partial charge in [-0.1, -0.05) is 26.0 Å². The summed E-state index contributed by atoms with van der Waals surface area (Å²) in [4.78, 5) is 11.5. The van der Waals surface area contributed by atoms with Gasteiger partial charge in [0.15, 0.2) is 0 Å². The first-order valence-corrected chi connectivity index (χ1v) is 6.72. The molecule has 0 aliphatic rings. The predicted molar refractivity (Wildman–Crippen MR) is 77.4 cm³/mol. The van der Waals surface area contributed by atoms with E-state index in [1.165, 1.54) is 0 Å². The van der Waals surface area contributed by atoms with Gasteiger partial charge in [-0.2, -0.15) is 0 Å². The Bertz CT molecular complexity index is 391. The van der Waals surface area contributed by atoms with Crippen LogP contribution in [0.25, 0.3) is 0 Å². The Labute approximate surface area is 115 Å². The molecule has 106 valence electrons. The molecule has 0 fully saturated rings. The third-order valence-electron chi connectivity index (χ3n) is 2.71. The maximum atomic E-state index is 11.5. The highest BCUT2D eigenvalue weighted by molar-refractivity contribution is 5.77. The molecule has 1 rings (SSSR count). The van der Waals surface area contributed by atoms with Gasteiger partial charge in [-0.15, -0.1) is 0 Å². The summed E-state index contributed by atoms with van der Waals surface area (Å²) in [7, 11) is 1.65. The third-order valence-corrected chi connectivity index (χ3v) is 2.71. The van der Waals surface area contributed by atoms with Gasteiger partial charge in [-0.05, 0) is 36.6 Å². The Morgan fingerprint density at radius 3 is 2.84 bits per heavy atom. The highest BCUT2D eigenvalue weighted by Crippen LogP contribution is 2.12. The minimum absolute atomic E-state index is 0.0450. The van der Waals surface area contributed by atoms with Crippen LogP contribution in [-0.2, 0) is 11.2 Å². The second kappa shape index (κ2) is 8.53. The number of amides is 1. The van der Waals surface area contributed by atoms with Crippen molar-refractivity contribution in [3.8, 4) is 5.75 Å². The van der Waals surface area contributed by atoms with Crippen LogP contribution in [0.4, 0.5) is 0 Å². The van der Waals surface area contributed by atoms with Gasteiger partial charge < -0.3 is 15.4 Å². The number of rotatable bonds is 8. The Morgan fingerprint density at radius 2 is 2.16 bits per heavy atom. The fourth-order valence-corrected chi connectivity index (χ4v) is 1.71. The van der Waals surface area contributed by atoms with Gasteiger partial charge in [0.2, 0.25) is 5.91 Å². The molecule has 0 spiro atoms. The summed E-state index contributed by atoms with van der Waals surface area (Å²) in [6, 6.07) is 7.90. The second-order valence-electron chi connectivity index (χ2n) is 4.98. The first-order valence-electron chi connectivity index (χ1n) is 6.72. The zero-order chi connectivity index (χ0) is 14.1. The SMILES string of the molecule is COc1cccc(CCNC(=O)CNCC(C)C)c1. The minimum atomic E-state index is 0.0450. The maximum Gasteiger partial charge on any atom is 0.233 e. The normalized spacial score (nSPS) is 10.5. The molecule has 0 saturated carbocycles. The Balaban J connectivity index is 2.20. The molecule has 1 amide bonds. The number of methoxy groups -OCH3 is 1. The van der Waals surface area contributed by atoms with E-state index in [0.717, 1.165) is 24.3 Å². The predicted octanol–water partition coefficient (Wildman–Crippen LogP) is 1.60. The average molecular weight is 264 g/mol. The monoisotopic (exact) mass is 264 g/mol. The van der Waals surface area contributed by atoms with Crippen LogP contribution >= 0.6 is 0 Å². The molecule has 0 bridgehead atoms. The molecular formula is C15H24N2O2. The average Bonchev–Trinajstić information content (AvgIpc) is 2.38. The molecule has 0 atom stereocenters. The molecule has 2 N–H and O–H groups in total. The number of hydrogen-bond acceptors (Lipinski definition) is 3. The molecular weight excluding hydrogens is 240 g/mol. The summed E-state index contributed by atoms with van der Waals surface area (Å²) >= 11 is 0. The van der Waals surface area contributed by atoms with Crippen LogP contribution in [0.2, 0.25) is 0 Å². The molecule has 0 aliphatic heterocycles. The van der Waals surface area contributed by atoms with Crippen molar-refractivity contribution >= 4 is 5.91 Å². The van der Waals surface area contributed by atoms with Gasteiger partial charge in [-0.3, -0.25) is 4.79 Å². The third kappa shape index (κ3) is 6.82. The van der Waals surface area contributed by atoms with E-state index in [2.05, 4.69) is 24.5 Å². The summed E-state index contributed by atoms with van der Waals surface area (Å²) in [5.74, 6) is 1.45. The van der Waals surface area contributed by atoms with E-state index < -0.39 is 0 Å². The number of carbonyl (C=O) groups is 1. The maximum absolute atomic E-state index is 11.5. The fraction of sp³-hybridized carbons (Fsp3) is 0.533. The van der Waals surface area contributed by atoms with Crippen molar-refractivity contribution in [1.82, 2.24) is 10.6 Å². The molecule has 1 aromatic carbocycles. The smallest absolute Gasteiger partial charge is 0.233 e. The Morgan fingerprint density at radius 1 is 1.37 bits per heavy atom. The van der Waals surface area contributed by atoms with Crippen molar-refractivity contribution < 1.29 is 9.53 Å². The van der Waals surface area contributed by atoms with Crippen molar-refractivity contribution in [3.05, 3.63) is 29.8 Å². The molecule has 19 heavy (non-hydrogen) atoms. The Hall–Kier alpha value is -1.55. The van der Waals surface area contributed by atoms with E-state index in [-0.39, 0.29) is 5.91 Å². The lowest BCUT2D eigenvalue weighted by Crippen LogP contribution is -2.36. The minimum Gasteiger partial charge on any atom is -0.497 e. The van der Waals surface area contributed by atoms with Crippen LogP contribution in [0, 0.1) is 5.92 Å². The van der Waals surface area contributed by atoms with Gasteiger partial charge in [0.25, 0.3) is 0 Å². The summed E-state index contributed by atoms with van der Waals surface area (Å²) in [5, 5.41) is 6.02. The highest BCUT2D eigenvalue weighted by atomic mass is 16.5. The van der Waals surface area contributed by atoms with E-state index in [9.17, 15) is 4.79 Å². The summed E-state index contributed by atoms with van der Waals surface area (Å²) in [6.45, 7) is 6.14. The first kappa shape index (κ1) is 15.5. The zero-order valence-corrected chi connectivity index (χ0v) is 12.0. The summed E-state index contributed by atoms with van der Waals surface area (Å²) in [6.07, 6.45) is 0.813. The zero-order valence-electron chi connectivity index (χ0n) is 12.0. The van der Waals surface area contributed by atoms with Crippen LogP contribution in [-0.4, -0.2) is 32.7 Å². The quantitative estimate of drug-likeness (QED) is 0.750. The number of carbonyl (C=O) groups excluding carboxylic acids is 1. The van der Waals surface area contributed by atoms with Crippen LogP contribution < -0.4 is 15.4 Å². The molecule has 0 aliphatic carbocycles. The first-order chi connectivity index (χ1) is 9.11. The number of nitrogens with one attached hydrogen (secondary N) is 2. The molecule has 1 aromatic rings. The number of hydrogen-bond donors (Lipinski definition) is 2. The molecule has 0 saturated heterocycles. The molecule has 0 radical (unpaired) electrons. The topological polar surface area (TPSA) is 50.4 Å². The van der Waals surface area contributed by atoms with E-state index in [1.807, 2.05) is 24.3 Å².